The molecule has 3 aliphatic carbocycles. The Balaban J connectivity index is 2.18. The lowest BCUT2D eigenvalue weighted by atomic mass is 9.51. The Kier molecular flexibility index (Phi) is 3.79. The molecule has 22 heavy (non-hydrogen) atoms. The van der Waals surface area contributed by atoms with Gasteiger partial charge in [-0.15, -0.1) is 0 Å². The maximum atomic E-state index is 10.7. The molecule has 2 N–H and O–H groups in total. The molecule has 2 fully saturated rings. The molecule has 122 valence electrons. The first-order chi connectivity index (χ1) is 10.3. The van der Waals surface area contributed by atoms with Crippen LogP contribution in [0.1, 0.15) is 47.5 Å². The molecule has 2 heteroatoms. The third kappa shape index (κ3) is 2.11. The second-order valence-corrected chi connectivity index (χ2v) is 8.27. The molecule has 0 amide bonds. The van der Waals surface area contributed by atoms with Crippen molar-refractivity contribution in [2.75, 3.05) is 0 Å². The number of hydrogen-bond acceptors (Lipinski definition) is 2. The normalized spacial score (nSPS) is 47.2. The van der Waals surface area contributed by atoms with Crippen molar-refractivity contribution in [2.45, 2.75) is 53.6 Å². The first kappa shape index (κ1) is 15.9. The van der Waals surface area contributed by atoms with E-state index in [2.05, 4.69) is 46.8 Å². The van der Waals surface area contributed by atoms with Crippen LogP contribution in [0, 0.1) is 35.0 Å². The molecule has 0 saturated heterocycles. The molecule has 0 aromatic carbocycles. The molecule has 2 saturated carbocycles. The van der Waals surface area contributed by atoms with Crippen molar-refractivity contribution in [3.05, 3.63) is 35.1 Å². The van der Waals surface area contributed by atoms with E-state index in [0.29, 0.717) is 23.5 Å². The second kappa shape index (κ2) is 5.26. The van der Waals surface area contributed by atoms with E-state index < -0.39 is 0 Å². The molecule has 0 aromatic heterocycles. The summed E-state index contributed by atoms with van der Waals surface area (Å²) in [6, 6.07) is 0. The van der Waals surface area contributed by atoms with Crippen molar-refractivity contribution in [1.82, 2.24) is 0 Å². The monoisotopic (exact) mass is 302 g/mol. The highest BCUT2D eigenvalue weighted by molar-refractivity contribution is 5.37. The summed E-state index contributed by atoms with van der Waals surface area (Å²) in [5.74, 6) is 2.14. The van der Waals surface area contributed by atoms with Crippen LogP contribution in [-0.4, -0.2) is 16.3 Å². The number of allylic oxidation sites excluding steroid dienone is 6. The van der Waals surface area contributed by atoms with Crippen LogP contribution < -0.4 is 0 Å². The fourth-order valence-electron chi connectivity index (χ4n) is 5.79. The SMILES string of the molecule is CC(C)=C[C@H]1C[C@H](C)C2C[C@H](O)[C@H](C)[C@H]3C(O)=CC(C)=CC231. The van der Waals surface area contributed by atoms with Gasteiger partial charge in [0.05, 0.1) is 11.9 Å². The standard InChI is InChI=1S/C20H30O2/c1-11(2)6-15-8-13(4)16-9-17(21)14(5)19-18(22)7-12(3)10-20(15,16)19/h6-7,10,13-17,19,21-22H,8-9H2,1-5H3/t13-,14-,15-,16?,17-,19-,20?/m0/s1. The van der Waals surface area contributed by atoms with Crippen LogP contribution in [0.25, 0.3) is 0 Å². The van der Waals surface area contributed by atoms with E-state index in [4.69, 9.17) is 0 Å². The van der Waals surface area contributed by atoms with Crippen LogP contribution in [0.5, 0.6) is 0 Å². The van der Waals surface area contributed by atoms with Gasteiger partial charge < -0.3 is 10.2 Å². The van der Waals surface area contributed by atoms with E-state index in [-0.39, 0.29) is 23.4 Å². The molecular weight excluding hydrogens is 272 g/mol. The van der Waals surface area contributed by atoms with Gasteiger partial charge in [-0.2, -0.15) is 0 Å². The molecule has 2 unspecified atom stereocenters. The maximum absolute atomic E-state index is 10.7. The Hall–Kier alpha value is -1.02. The van der Waals surface area contributed by atoms with Crippen molar-refractivity contribution >= 4 is 0 Å². The summed E-state index contributed by atoms with van der Waals surface area (Å²) in [6.07, 6.45) is 8.46. The topological polar surface area (TPSA) is 40.5 Å². The van der Waals surface area contributed by atoms with Gasteiger partial charge in [0, 0.05) is 11.3 Å². The Morgan fingerprint density at radius 1 is 1.27 bits per heavy atom. The van der Waals surface area contributed by atoms with E-state index in [1.54, 1.807) is 0 Å². The largest absolute Gasteiger partial charge is 0.512 e. The predicted molar refractivity (Wildman–Crippen MR) is 90.4 cm³/mol. The van der Waals surface area contributed by atoms with E-state index >= 15 is 0 Å². The van der Waals surface area contributed by atoms with Crippen LogP contribution in [0.4, 0.5) is 0 Å². The number of hydrogen-bond donors (Lipinski definition) is 2. The summed E-state index contributed by atoms with van der Waals surface area (Å²) in [5, 5.41) is 21.3. The summed E-state index contributed by atoms with van der Waals surface area (Å²) >= 11 is 0. The molecule has 0 bridgehead atoms. The highest BCUT2D eigenvalue weighted by atomic mass is 16.3. The molecule has 7 atom stereocenters. The molecule has 0 heterocycles. The Labute approximate surface area is 134 Å². The predicted octanol–water partition coefficient (Wildman–Crippen LogP) is 4.63. The van der Waals surface area contributed by atoms with E-state index in [1.807, 2.05) is 6.08 Å². The summed E-state index contributed by atoms with van der Waals surface area (Å²) in [6.45, 7) is 10.9. The zero-order valence-electron chi connectivity index (χ0n) is 14.5. The first-order valence-electron chi connectivity index (χ1n) is 8.70. The molecule has 0 radical (unpaired) electrons. The van der Waals surface area contributed by atoms with E-state index in [0.717, 1.165) is 12.8 Å². The van der Waals surface area contributed by atoms with E-state index in [1.165, 1.54) is 11.1 Å². The van der Waals surface area contributed by atoms with Gasteiger partial charge in [-0.25, -0.2) is 0 Å². The molecule has 0 aliphatic heterocycles. The minimum absolute atomic E-state index is 0.0156. The van der Waals surface area contributed by atoms with Gasteiger partial charge in [0.2, 0.25) is 0 Å². The minimum Gasteiger partial charge on any atom is -0.512 e. The Morgan fingerprint density at radius 3 is 2.59 bits per heavy atom. The Bertz CT molecular complexity index is 552. The zero-order valence-corrected chi connectivity index (χ0v) is 14.5. The van der Waals surface area contributed by atoms with Crippen molar-refractivity contribution in [2.24, 2.45) is 35.0 Å². The van der Waals surface area contributed by atoms with Gasteiger partial charge >= 0.3 is 0 Å². The van der Waals surface area contributed by atoms with E-state index in [9.17, 15) is 10.2 Å². The van der Waals surface area contributed by atoms with Crippen LogP contribution in [-0.2, 0) is 0 Å². The summed E-state index contributed by atoms with van der Waals surface area (Å²) in [7, 11) is 0. The summed E-state index contributed by atoms with van der Waals surface area (Å²) < 4.78 is 0. The molecule has 3 aliphatic rings. The lowest BCUT2D eigenvalue weighted by Gasteiger charge is -2.54. The first-order valence-corrected chi connectivity index (χ1v) is 8.70. The highest BCUT2D eigenvalue weighted by Crippen LogP contribution is 2.66. The fourth-order valence-corrected chi connectivity index (χ4v) is 5.79. The van der Waals surface area contributed by atoms with Crippen LogP contribution in [0.15, 0.2) is 35.1 Å². The number of aliphatic hydroxyl groups is 2. The van der Waals surface area contributed by atoms with Crippen molar-refractivity contribution < 1.29 is 10.2 Å². The third-order valence-corrected chi connectivity index (χ3v) is 6.47. The van der Waals surface area contributed by atoms with Gasteiger partial charge in [-0.1, -0.05) is 37.1 Å². The lowest BCUT2D eigenvalue weighted by Crippen LogP contribution is -2.52. The lowest BCUT2D eigenvalue weighted by molar-refractivity contribution is -0.0648. The molecular formula is C20H30O2. The fraction of sp³-hybridized carbons (Fsp3) is 0.700. The van der Waals surface area contributed by atoms with Crippen molar-refractivity contribution in [3.63, 3.8) is 0 Å². The van der Waals surface area contributed by atoms with Crippen molar-refractivity contribution in [3.8, 4) is 0 Å². The smallest absolute Gasteiger partial charge is 0.0968 e. The number of aliphatic hydroxyl groups excluding tert-OH is 2. The average Bonchev–Trinajstić information content (AvgIpc) is 2.62. The van der Waals surface area contributed by atoms with Crippen LogP contribution in [0.3, 0.4) is 0 Å². The van der Waals surface area contributed by atoms with Crippen LogP contribution in [0.2, 0.25) is 0 Å². The van der Waals surface area contributed by atoms with Crippen molar-refractivity contribution in [1.29, 1.82) is 0 Å². The van der Waals surface area contributed by atoms with Crippen LogP contribution >= 0.6 is 0 Å². The highest BCUT2D eigenvalue weighted by Gasteiger charge is 2.62. The second-order valence-electron chi connectivity index (χ2n) is 8.27. The summed E-state index contributed by atoms with van der Waals surface area (Å²) in [5.41, 5.74) is 2.51. The maximum Gasteiger partial charge on any atom is 0.0968 e. The summed E-state index contributed by atoms with van der Waals surface area (Å²) in [4.78, 5) is 0. The van der Waals surface area contributed by atoms with Gasteiger partial charge in [-0.3, -0.25) is 0 Å². The van der Waals surface area contributed by atoms with Gasteiger partial charge in [0.15, 0.2) is 0 Å². The molecule has 2 nitrogen and oxygen atoms in total. The van der Waals surface area contributed by atoms with Gasteiger partial charge in [0.1, 0.15) is 0 Å². The minimum atomic E-state index is -0.307. The zero-order chi connectivity index (χ0) is 16.2. The molecule has 0 aromatic rings. The Morgan fingerprint density at radius 2 is 1.95 bits per heavy atom. The van der Waals surface area contributed by atoms with Gasteiger partial charge in [-0.05, 0) is 63.4 Å². The average molecular weight is 302 g/mol. The van der Waals surface area contributed by atoms with Gasteiger partial charge in [0.25, 0.3) is 0 Å². The molecule has 1 spiro atoms. The quantitative estimate of drug-likeness (QED) is 0.693. The third-order valence-electron chi connectivity index (χ3n) is 6.47. The molecule has 3 rings (SSSR count). The number of rotatable bonds is 1.